The molecule has 1 aromatic carbocycles. The summed E-state index contributed by atoms with van der Waals surface area (Å²) in [5.74, 6) is 0. The zero-order valence-corrected chi connectivity index (χ0v) is 10.8. The summed E-state index contributed by atoms with van der Waals surface area (Å²) >= 11 is 0. The van der Waals surface area contributed by atoms with Gasteiger partial charge in [-0.1, -0.05) is 51.1 Å². The Kier molecular flexibility index (Phi) is 3.76. The molecule has 16 heavy (non-hydrogen) atoms. The Morgan fingerprint density at radius 3 is 2.06 bits per heavy atom. The van der Waals surface area contributed by atoms with Crippen LogP contribution in [0.1, 0.15) is 38.0 Å². The lowest BCUT2D eigenvalue weighted by molar-refractivity contribution is 0.367. The second kappa shape index (κ2) is 4.55. The van der Waals surface area contributed by atoms with Crippen LogP contribution in [0.2, 0.25) is 0 Å². The first kappa shape index (κ1) is 13.2. The van der Waals surface area contributed by atoms with Crippen molar-refractivity contribution in [3.8, 4) is 0 Å². The minimum atomic E-state index is -3.55. The van der Waals surface area contributed by atoms with Crippen molar-refractivity contribution in [3.05, 3.63) is 35.9 Å². The maximum absolute atomic E-state index is 11.6. The van der Waals surface area contributed by atoms with Gasteiger partial charge in [0.2, 0.25) is 10.0 Å². The van der Waals surface area contributed by atoms with Gasteiger partial charge in [0.05, 0.1) is 0 Å². The van der Waals surface area contributed by atoms with Gasteiger partial charge in [-0.2, -0.15) is 0 Å². The van der Waals surface area contributed by atoms with Gasteiger partial charge in [0.15, 0.2) is 0 Å². The highest BCUT2D eigenvalue weighted by Crippen LogP contribution is 2.33. The number of sulfonamides is 1. The molecule has 0 radical (unpaired) electrons. The zero-order chi connectivity index (χ0) is 12.4. The molecule has 0 amide bonds. The molecule has 90 valence electrons. The van der Waals surface area contributed by atoms with Crippen molar-refractivity contribution in [2.24, 2.45) is 10.6 Å². The molecule has 3 nitrogen and oxygen atoms in total. The molecule has 0 bridgehead atoms. The number of hydrogen-bond donors (Lipinski definition) is 1. The second-order valence-corrected chi connectivity index (χ2v) is 7.00. The van der Waals surface area contributed by atoms with E-state index in [2.05, 4.69) is 0 Å². The molecule has 0 heterocycles. The molecular formula is C12H19NO2S. The van der Waals surface area contributed by atoms with Crippen LogP contribution in [0.25, 0.3) is 0 Å². The zero-order valence-electron chi connectivity index (χ0n) is 9.97. The quantitative estimate of drug-likeness (QED) is 0.883. The van der Waals surface area contributed by atoms with E-state index in [1.165, 1.54) is 0 Å². The molecule has 0 aliphatic carbocycles. The molecule has 1 atom stereocenters. The van der Waals surface area contributed by atoms with Gasteiger partial charge in [0.1, 0.15) is 5.25 Å². The van der Waals surface area contributed by atoms with Gasteiger partial charge in [-0.15, -0.1) is 0 Å². The summed E-state index contributed by atoms with van der Waals surface area (Å²) in [5.41, 5.74) is 0.687. The lowest BCUT2D eigenvalue weighted by atomic mass is 9.88. The van der Waals surface area contributed by atoms with Crippen LogP contribution in [0.5, 0.6) is 0 Å². The van der Waals surface area contributed by atoms with Gasteiger partial charge in [0, 0.05) is 0 Å². The molecule has 0 aromatic heterocycles. The average molecular weight is 241 g/mol. The van der Waals surface area contributed by atoms with Gasteiger partial charge in [0.25, 0.3) is 0 Å². The summed E-state index contributed by atoms with van der Waals surface area (Å²) < 4.78 is 23.2. The Bertz CT molecular complexity index is 432. The molecule has 0 aliphatic rings. The van der Waals surface area contributed by atoms with Gasteiger partial charge < -0.3 is 0 Å². The SMILES string of the molecule is CC(C)(C)CC(c1ccccc1)S(N)(=O)=O. The first-order valence-corrected chi connectivity index (χ1v) is 6.88. The molecular weight excluding hydrogens is 222 g/mol. The summed E-state index contributed by atoms with van der Waals surface area (Å²) in [7, 11) is -3.55. The maximum atomic E-state index is 11.6. The van der Waals surface area contributed by atoms with E-state index in [9.17, 15) is 8.42 Å². The average Bonchev–Trinajstić information content (AvgIpc) is 2.13. The Labute approximate surface area is 97.7 Å². The Morgan fingerprint density at radius 1 is 1.19 bits per heavy atom. The van der Waals surface area contributed by atoms with Crippen LogP contribution in [0.4, 0.5) is 0 Å². The molecule has 2 N–H and O–H groups in total. The van der Waals surface area contributed by atoms with Crippen molar-refractivity contribution in [2.75, 3.05) is 0 Å². The van der Waals surface area contributed by atoms with Crippen LogP contribution in [-0.4, -0.2) is 8.42 Å². The van der Waals surface area contributed by atoms with Crippen molar-refractivity contribution < 1.29 is 8.42 Å². The second-order valence-electron chi connectivity index (χ2n) is 5.25. The third-order valence-electron chi connectivity index (χ3n) is 2.37. The van der Waals surface area contributed by atoms with Crippen molar-refractivity contribution in [1.82, 2.24) is 0 Å². The smallest absolute Gasteiger partial charge is 0.216 e. The van der Waals surface area contributed by atoms with E-state index in [1.54, 1.807) is 12.1 Å². The molecule has 1 rings (SSSR count). The minimum absolute atomic E-state index is 0.0764. The predicted molar refractivity (Wildman–Crippen MR) is 66.4 cm³/mol. The normalized spacial score (nSPS) is 14.8. The van der Waals surface area contributed by atoms with Gasteiger partial charge in [-0.25, -0.2) is 13.6 Å². The fourth-order valence-electron chi connectivity index (χ4n) is 1.65. The number of hydrogen-bond acceptors (Lipinski definition) is 2. The topological polar surface area (TPSA) is 60.2 Å². The summed E-state index contributed by atoms with van der Waals surface area (Å²) in [4.78, 5) is 0. The summed E-state index contributed by atoms with van der Waals surface area (Å²) in [6.45, 7) is 6.02. The molecule has 4 heteroatoms. The van der Waals surface area contributed by atoms with E-state index >= 15 is 0 Å². The van der Waals surface area contributed by atoms with Gasteiger partial charge >= 0.3 is 0 Å². The van der Waals surface area contributed by atoms with E-state index < -0.39 is 15.3 Å². The Hall–Kier alpha value is -0.870. The van der Waals surface area contributed by atoms with Gasteiger partial charge in [-0.05, 0) is 17.4 Å². The number of benzene rings is 1. The molecule has 0 saturated carbocycles. The van der Waals surface area contributed by atoms with Crippen molar-refractivity contribution in [3.63, 3.8) is 0 Å². The van der Waals surface area contributed by atoms with Gasteiger partial charge in [-0.3, -0.25) is 0 Å². The maximum Gasteiger partial charge on any atom is 0.216 e. The molecule has 0 saturated heterocycles. The molecule has 1 aromatic rings. The highest BCUT2D eigenvalue weighted by molar-refractivity contribution is 7.89. The Balaban J connectivity index is 3.09. The van der Waals surface area contributed by atoms with E-state index in [4.69, 9.17) is 5.14 Å². The predicted octanol–water partition coefficient (Wildman–Crippen LogP) is 2.45. The standard InChI is InChI=1S/C12H19NO2S/c1-12(2,3)9-11(16(13,14)15)10-7-5-4-6-8-10/h4-8,11H,9H2,1-3H3,(H2,13,14,15). The first-order chi connectivity index (χ1) is 7.20. The van der Waals surface area contributed by atoms with E-state index in [0.717, 1.165) is 5.56 Å². The Morgan fingerprint density at radius 2 is 1.69 bits per heavy atom. The first-order valence-electron chi connectivity index (χ1n) is 5.27. The fraction of sp³-hybridized carbons (Fsp3) is 0.500. The van der Waals surface area contributed by atoms with Crippen LogP contribution in [-0.2, 0) is 10.0 Å². The summed E-state index contributed by atoms with van der Waals surface area (Å²) in [5, 5.41) is 4.67. The van der Waals surface area contributed by atoms with E-state index in [1.807, 2.05) is 39.0 Å². The van der Waals surface area contributed by atoms with Crippen LogP contribution in [0.15, 0.2) is 30.3 Å². The third kappa shape index (κ3) is 3.94. The fourth-order valence-corrected chi connectivity index (χ4v) is 2.92. The molecule has 1 unspecified atom stereocenters. The van der Waals surface area contributed by atoms with Crippen molar-refractivity contribution >= 4 is 10.0 Å². The molecule has 0 spiro atoms. The van der Waals surface area contributed by atoms with Crippen molar-refractivity contribution in [1.29, 1.82) is 0 Å². The minimum Gasteiger partial charge on any atom is -0.228 e. The lowest BCUT2D eigenvalue weighted by Crippen LogP contribution is -2.25. The number of rotatable bonds is 3. The molecule has 0 fully saturated rings. The van der Waals surface area contributed by atoms with E-state index in [-0.39, 0.29) is 5.41 Å². The summed E-state index contributed by atoms with van der Waals surface area (Å²) in [6.07, 6.45) is 0.524. The number of primary sulfonamides is 1. The third-order valence-corrected chi connectivity index (χ3v) is 3.60. The largest absolute Gasteiger partial charge is 0.228 e. The van der Waals surface area contributed by atoms with Crippen molar-refractivity contribution in [2.45, 2.75) is 32.4 Å². The highest BCUT2D eigenvalue weighted by Gasteiger charge is 2.28. The van der Waals surface area contributed by atoms with Crippen LogP contribution in [0.3, 0.4) is 0 Å². The van der Waals surface area contributed by atoms with E-state index in [0.29, 0.717) is 6.42 Å². The number of nitrogens with two attached hydrogens (primary N) is 1. The lowest BCUT2D eigenvalue weighted by Gasteiger charge is -2.24. The molecule has 0 aliphatic heterocycles. The monoisotopic (exact) mass is 241 g/mol. The van der Waals surface area contributed by atoms with Crippen LogP contribution in [0, 0.1) is 5.41 Å². The van der Waals surface area contributed by atoms with Crippen LogP contribution >= 0.6 is 0 Å². The van der Waals surface area contributed by atoms with Crippen LogP contribution < -0.4 is 5.14 Å². The summed E-state index contributed by atoms with van der Waals surface area (Å²) in [6, 6.07) is 9.13. The highest BCUT2D eigenvalue weighted by atomic mass is 32.2.